The van der Waals surface area contributed by atoms with Gasteiger partial charge in [0, 0.05) is 62.5 Å². The lowest BCUT2D eigenvalue weighted by molar-refractivity contribution is -0.135. The molecule has 13 nitrogen and oxygen atoms in total. The normalized spacial score (nSPS) is 14.5. The third kappa shape index (κ3) is 19.3. The lowest BCUT2D eigenvalue weighted by Crippen LogP contribution is -2.20. The van der Waals surface area contributed by atoms with E-state index in [9.17, 15) is 14.4 Å². The number of anilines is 2. The van der Waals surface area contributed by atoms with Crippen molar-refractivity contribution in [3.63, 3.8) is 0 Å². The van der Waals surface area contributed by atoms with Crippen molar-refractivity contribution < 1.29 is 23.9 Å². The van der Waals surface area contributed by atoms with Gasteiger partial charge in [-0.15, -0.1) is 0 Å². The van der Waals surface area contributed by atoms with Gasteiger partial charge >= 0.3 is 11.9 Å². The zero-order chi connectivity index (χ0) is 58.7. The molecule has 0 saturated heterocycles. The SMILES string of the molecule is CN(CCCC(=O)Oc1ccc(-c2nc(C(Cl)(Cl)Cl)nc(C(Cl)(Cl)Cl)n2)cc1)c1ccc(C=CC=C2CCCC(=CC=Cc3ccc(N(C)CCCC(=O)Oc4ccc(-c5nc(C(Cl)(Cl)Cl)nc(C(Cl)(Cl)Cl)n5)cc4)cc3)C2=O)cc1. The number of benzene rings is 4. The molecule has 424 valence electrons. The van der Waals surface area contributed by atoms with E-state index < -0.39 is 27.1 Å². The van der Waals surface area contributed by atoms with Crippen molar-refractivity contribution in [2.45, 2.75) is 60.1 Å². The zero-order valence-electron chi connectivity index (χ0n) is 42.7. The minimum absolute atomic E-state index is 0.0479. The van der Waals surface area contributed by atoms with E-state index in [0.717, 1.165) is 40.1 Å². The van der Waals surface area contributed by atoms with E-state index >= 15 is 0 Å². The summed E-state index contributed by atoms with van der Waals surface area (Å²) in [5.74, 6) is -0.832. The summed E-state index contributed by atoms with van der Waals surface area (Å²) in [6, 6.07) is 28.8. The van der Waals surface area contributed by atoms with Gasteiger partial charge in [0.2, 0.25) is 15.2 Å². The number of alkyl halides is 12. The fraction of sp³-hybridized carbons (Fsp3) is 0.268. The molecule has 0 N–H and O–H groups in total. The molecule has 0 aliphatic heterocycles. The molecule has 4 aromatic carbocycles. The van der Waals surface area contributed by atoms with Crippen molar-refractivity contribution in [2.75, 3.05) is 37.0 Å². The molecule has 6 aromatic rings. The number of carbonyl (C=O) groups is 3. The maximum atomic E-state index is 13.4. The monoisotopic (exact) mass is 1330 g/mol. The third-order valence-electron chi connectivity index (χ3n) is 12.0. The molecular weight excluding hydrogens is 1290 g/mol. The van der Waals surface area contributed by atoms with Crippen LogP contribution in [-0.4, -0.2) is 74.8 Å². The summed E-state index contributed by atoms with van der Waals surface area (Å²) in [5.41, 5.74) is 6.39. The van der Waals surface area contributed by atoms with Crippen LogP contribution in [0.15, 0.2) is 133 Å². The Labute approximate surface area is 528 Å². The number of hydrogen-bond donors (Lipinski definition) is 0. The van der Waals surface area contributed by atoms with E-state index in [1.165, 1.54) is 0 Å². The first-order valence-electron chi connectivity index (χ1n) is 24.5. The summed E-state index contributed by atoms with van der Waals surface area (Å²) in [6.07, 6.45) is 15.3. The summed E-state index contributed by atoms with van der Waals surface area (Å²) in [4.78, 5) is 67.7. The van der Waals surface area contributed by atoms with Crippen LogP contribution in [0, 0.1) is 0 Å². The Kier molecular flexibility index (Phi) is 22.5. The average molecular weight is 1340 g/mol. The molecule has 0 radical (unpaired) electrons. The molecule has 25 heteroatoms. The Hall–Kier alpha value is -4.45. The highest BCUT2D eigenvalue weighted by molar-refractivity contribution is 6.68. The van der Waals surface area contributed by atoms with E-state index in [-0.39, 0.29) is 53.6 Å². The van der Waals surface area contributed by atoms with Crippen molar-refractivity contribution in [1.29, 1.82) is 0 Å². The van der Waals surface area contributed by atoms with Crippen molar-refractivity contribution in [1.82, 2.24) is 29.9 Å². The first kappa shape index (κ1) is 64.1. The molecule has 1 aliphatic rings. The molecule has 0 unspecified atom stereocenters. The summed E-state index contributed by atoms with van der Waals surface area (Å²) < 4.78 is 3.09. The molecule has 0 amide bonds. The van der Waals surface area contributed by atoms with Gasteiger partial charge in [0.05, 0.1) is 0 Å². The number of allylic oxidation sites excluding steroid dienone is 6. The van der Waals surface area contributed by atoms with E-state index in [4.69, 9.17) is 149 Å². The fourth-order valence-corrected chi connectivity index (χ4v) is 8.87. The standard InChI is InChI=1S/C56H46Cl12N8O5/c1-75(32-6-14-44(77)80-42-28-20-38(21-29-42)47-69-49(53(57,58)59)73-50(70-47)54(60,61)62)40-24-16-34(17-25-40)8-3-10-36-12-5-13-37(46(36)79)11-4-9-35-18-26-41(27-19-35)76(2)33-7-15-45(78)81-43-30-22-39(23-31-43)48-71-51(55(63,64)65)74-52(72-48)56(66,67)68/h3-4,8-11,16-31H,5-7,12-15,32-33H2,1-2H3. The van der Waals surface area contributed by atoms with Gasteiger partial charge in [-0.05, 0) is 127 Å². The Morgan fingerprint density at radius 1 is 0.481 bits per heavy atom. The number of carbonyl (C=O) groups excluding carboxylic acids is 3. The van der Waals surface area contributed by atoms with Crippen LogP contribution >= 0.6 is 139 Å². The minimum Gasteiger partial charge on any atom is -0.427 e. The Bertz CT molecular complexity index is 3040. The van der Waals surface area contributed by atoms with Gasteiger partial charge in [0.25, 0.3) is 0 Å². The van der Waals surface area contributed by atoms with Crippen molar-refractivity contribution in [2.24, 2.45) is 0 Å². The van der Waals surface area contributed by atoms with Gasteiger partial charge in [-0.1, -0.05) is 200 Å². The third-order valence-corrected chi connectivity index (χ3v) is 14.1. The minimum atomic E-state index is -2.00. The van der Waals surface area contributed by atoms with Crippen LogP contribution in [-0.2, 0) is 29.6 Å². The molecule has 0 atom stereocenters. The quantitative estimate of drug-likeness (QED) is 0.0347. The van der Waals surface area contributed by atoms with Crippen LogP contribution in [0.1, 0.15) is 79.4 Å². The number of ether oxygens (including phenoxy) is 2. The highest BCUT2D eigenvalue weighted by atomic mass is 35.6. The summed E-state index contributed by atoms with van der Waals surface area (Å²) >= 11 is 71.9. The zero-order valence-corrected chi connectivity index (χ0v) is 51.8. The number of aromatic nitrogens is 6. The number of nitrogens with zero attached hydrogens (tertiary/aromatic N) is 8. The first-order valence-corrected chi connectivity index (χ1v) is 29.1. The van der Waals surface area contributed by atoms with Crippen LogP contribution in [0.5, 0.6) is 11.5 Å². The number of rotatable bonds is 18. The number of halogens is 12. The predicted molar refractivity (Wildman–Crippen MR) is 330 cm³/mol. The molecule has 2 heterocycles. The van der Waals surface area contributed by atoms with Crippen molar-refractivity contribution >= 4 is 180 Å². The van der Waals surface area contributed by atoms with Gasteiger partial charge in [-0.2, -0.15) is 0 Å². The Morgan fingerprint density at radius 2 is 0.802 bits per heavy atom. The van der Waals surface area contributed by atoms with Crippen molar-refractivity contribution in [3.8, 4) is 34.3 Å². The second kappa shape index (κ2) is 28.4. The van der Waals surface area contributed by atoms with Gasteiger partial charge < -0.3 is 19.3 Å². The largest absolute Gasteiger partial charge is 0.427 e. The van der Waals surface area contributed by atoms with Crippen LogP contribution in [0.25, 0.3) is 34.9 Å². The molecule has 2 aromatic heterocycles. The van der Waals surface area contributed by atoms with Gasteiger partial charge in [-0.25, -0.2) is 29.9 Å². The molecule has 1 saturated carbocycles. The molecule has 0 spiro atoms. The number of hydrogen-bond acceptors (Lipinski definition) is 13. The average Bonchev–Trinajstić information content (AvgIpc) is 3.62. The molecule has 1 aliphatic carbocycles. The summed E-state index contributed by atoms with van der Waals surface area (Å²) in [6.45, 7) is 1.22. The molecule has 7 rings (SSSR count). The molecule has 0 bridgehead atoms. The maximum absolute atomic E-state index is 13.4. The van der Waals surface area contributed by atoms with Gasteiger partial charge in [0.1, 0.15) is 11.5 Å². The fourth-order valence-electron chi connectivity index (χ4n) is 7.86. The first-order chi connectivity index (χ1) is 38.2. The molecular formula is C56H46Cl12N8O5. The number of ketones is 1. The van der Waals surface area contributed by atoms with Crippen LogP contribution in [0.2, 0.25) is 0 Å². The topological polar surface area (TPSA) is 153 Å². The van der Waals surface area contributed by atoms with Crippen LogP contribution in [0.4, 0.5) is 11.4 Å². The Balaban J connectivity index is 0.813. The smallest absolute Gasteiger partial charge is 0.311 e. The lowest BCUT2D eigenvalue weighted by Gasteiger charge is -2.19. The maximum Gasteiger partial charge on any atom is 0.311 e. The van der Waals surface area contributed by atoms with Crippen LogP contribution < -0.4 is 19.3 Å². The van der Waals surface area contributed by atoms with E-state index in [1.807, 2.05) is 99.1 Å². The predicted octanol–water partition coefficient (Wildman–Crippen LogP) is 16.7. The van der Waals surface area contributed by atoms with Crippen molar-refractivity contribution in [3.05, 3.63) is 167 Å². The van der Waals surface area contributed by atoms with Gasteiger partial charge in [0.15, 0.2) is 40.7 Å². The van der Waals surface area contributed by atoms with E-state index in [2.05, 4.69) is 39.7 Å². The highest BCUT2D eigenvalue weighted by Crippen LogP contribution is 2.43. The second-order valence-corrected chi connectivity index (χ2v) is 27.2. The molecule has 81 heavy (non-hydrogen) atoms. The van der Waals surface area contributed by atoms with E-state index in [0.29, 0.717) is 61.4 Å². The second-order valence-electron chi connectivity index (χ2n) is 18.1. The van der Waals surface area contributed by atoms with Gasteiger partial charge in [-0.3, -0.25) is 14.4 Å². The molecule has 1 fully saturated rings. The van der Waals surface area contributed by atoms with E-state index in [1.54, 1.807) is 48.5 Å². The number of esters is 2. The lowest BCUT2D eigenvalue weighted by atomic mass is 9.88. The Morgan fingerprint density at radius 3 is 1.11 bits per heavy atom. The summed E-state index contributed by atoms with van der Waals surface area (Å²) in [7, 11) is 3.91. The highest BCUT2D eigenvalue weighted by Gasteiger charge is 2.35. The van der Waals surface area contributed by atoms with Crippen LogP contribution in [0.3, 0.4) is 0 Å². The summed E-state index contributed by atoms with van der Waals surface area (Å²) in [5, 5.41) is 0. The number of Topliss-reactive ketones (excluding diaryl/α,β-unsaturated/α-hetero) is 1.